The third kappa shape index (κ3) is 3.26. The molecule has 0 atom stereocenters. The lowest BCUT2D eigenvalue weighted by atomic mass is 10.1. The van der Waals surface area contributed by atoms with Crippen molar-refractivity contribution in [1.82, 2.24) is 4.90 Å². The molecule has 0 aliphatic heterocycles. The Morgan fingerprint density at radius 2 is 1.57 bits per heavy atom. The zero-order valence-electron chi connectivity index (χ0n) is 13.4. The van der Waals surface area contributed by atoms with Crippen molar-refractivity contribution < 1.29 is 9.59 Å². The van der Waals surface area contributed by atoms with Crippen molar-refractivity contribution in [2.24, 2.45) is 0 Å². The minimum atomic E-state index is -0.119. The first-order valence-electron chi connectivity index (χ1n) is 7.79. The van der Waals surface area contributed by atoms with Gasteiger partial charge in [0.25, 0.3) is 11.8 Å². The fourth-order valence-electron chi connectivity index (χ4n) is 2.87. The van der Waals surface area contributed by atoms with E-state index < -0.39 is 0 Å². The summed E-state index contributed by atoms with van der Waals surface area (Å²) in [4.78, 5) is 25.7. The van der Waals surface area contributed by atoms with Gasteiger partial charge in [0.1, 0.15) is 0 Å². The number of hydrogen-bond acceptors (Lipinski definition) is 2. The number of nitrogens with zero attached hydrogens (tertiary/aromatic N) is 1. The molecule has 1 aliphatic rings. The van der Waals surface area contributed by atoms with Gasteiger partial charge < -0.3 is 10.2 Å². The quantitative estimate of drug-likeness (QED) is 0.947. The van der Waals surface area contributed by atoms with Crippen molar-refractivity contribution >= 4 is 17.5 Å². The van der Waals surface area contributed by atoms with Crippen molar-refractivity contribution in [3.63, 3.8) is 0 Å². The van der Waals surface area contributed by atoms with Crippen LogP contribution in [0.15, 0.2) is 42.5 Å². The first-order chi connectivity index (χ1) is 11.0. The molecule has 3 rings (SSSR count). The molecule has 0 saturated carbocycles. The predicted octanol–water partition coefficient (Wildman–Crippen LogP) is 3.13. The standard InChI is InChI=1S/C19H20N2O2/c1-21(2)19(23)14-8-10-17(11-9-14)20-18(22)16-7-6-13-4-3-5-15(13)12-16/h6-12H,3-5H2,1-2H3,(H,20,22). The topological polar surface area (TPSA) is 49.4 Å². The van der Waals surface area contributed by atoms with E-state index in [4.69, 9.17) is 0 Å². The normalized spacial score (nSPS) is 12.6. The summed E-state index contributed by atoms with van der Waals surface area (Å²) >= 11 is 0. The van der Waals surface area contributed by atoms with E-state index in [1.807, 2.05) is 12.1 Å². The van der Waals surface area contributed by atoms with Gasteiger partial charge in [-0.3, -0.25) is 9.59 Å². The number of carbonyl (C=O) groups excluding carboxylic acids is 2. The highest BCUT2D eigenvalue weighted by Crippen LogP contribution is 2.23. The van der Waals surface area contributed by atoms with Gasteiger partial charge in [-0.1, -0.05) is 6.07 Å². The maximum absolute atomic E-state index is 12.4. The molecule has 4 nitrogen and oxygen atoms in total. The number of benzene rings is 2. The van der Waals surface area contributed by atoms with E-state index >= 15 is 0 Å². The van der Waals surface area contributed by atoms with Crippen LogP contribution in [0.4, 0.5) is 5.69 Å². The lowest BCUT2D eigenvalue weighted by Gasteiger charge is -2.11. The van der Waals surface area contributed by atoms with Crippen LogP contribution in [0, 0.1) is 0 Å². The van der Waals surface area contributed by atoms with Crippen LogP contribution < -0.4 is 5.32 Å². The molecule has 1 N–H and O–H groups in total. The number of carbonyl (C=O) groups is 2. The van der Waals surface area contributed by atoms with E-state index in [0.717, 1.165) is 12.8 Å². The van der Waals surface area contributed by atoms with Gasteiger partial charge in [-0.25, -0.2) is 0 Å². The van der Waals surface area contributed by atoms with Gasteiger partial charge >= 0.3 is 0 Å². The van der Waals surface area contributed by atoms with Crippen LogP contribution in [0.1, 0.15) is 38.3 Å². The van der Waals surface area contributed by atoms with Gasteiger partial charge in [-0.05, 0) is 66.8 Å². The smallest absolute Gasteiger partial charge is 0.255 e. The molecule has 118 valence electrons. The molecule has 0 saturated heterocycles. The van der Waals surface area contributed by atoms with E-state index in [0.29, 0.717) is 16.8 Å². The van der Waals surface area contributed by atoms with E-state index in [-0.39, 0.29) is 11.8 Å². The lowest BCUT2D eigenvalue weighted by molar-refractivity contribution is 0.0827. The largest absolute Gasteiger partial charge is 0.345 e. The Hall–Kier alpha value is -2.62. The molecule has 4 heteroatoms. The molecule has 0 aromatic heterocycles. The molecule has 2 aromatic rings. The van der Waals surface area contributed by atoms with Crippen molar-refractivity contribution in [3.05, 3.63) is 64.7 Å². The van der Waals surface area contributed by atoms with Crippen LogP contribution in [-0.4, -0.2) is 30.8 Å². The van der Waals surface area contributed by atoms with Crippen molar-refractivity contribution in [1.29, 1.82) is 0 Å². The Morgan fingerprint density at radius 1 is 0.913 bits per heavy atom. The lowest BCUT2D eigenvalue weighted by Crippen LogP contribution is -2.21. The van der Waals surface area contributed by atoms with Crippen molar-refractivity contribution in [3.8, 4) is 0 Å². The fourth-order valence-corrected chi connectivity index (χ4v) is 2.87. The van der Waals surface area contributed by atoms with Gasteiger partial charge in [0.05, 0.1) is 0 Å². The highest BCUT2D eigenvalue weighted by molar-refractivity contribution is 6.04. The molecular weight excluding hydrogens is 288 g/mol. The molecule has 0 bridgehead atoms. The Balaban J connectivity index is 1.71. The Kier molecular flexibility index (Phi) is 4.15. The molecule has 1 aliphatic carbocycles. The third-order valence-electron chi connectivity index (χ3n) is 4.16. The SMILES string of the molecule is CN(C)C(=O)c1ccc(NC(=O)c2ccc3c(c2)CCC3)cc1. The average molecular weight is 308 g/mol. The second-order valence-corrected chi connectivity index (χ2v) is 6.07. The summed E-state index contributed by atoms with van der Waals surface area (Å²) in [5.41, 5.74) is 4.60. The zero-order chi connectivity index (χ0) is 16.4. The minimum absolute atomic E-state index is 0.0542. The maximum Gasteiger partial charge on any atom is 0.255 e. The van der Waals surface area contributed by atoms with Gasteiger partial charge in [-0.2, -0.15) is 0 Å². The predicted molar refractivity (Wildman–Crippen MR) is 90.9 cm³/mol. The summed E-state index contributed by atoms with van der Waals surface area (Å²) < 4.78 is 0. The summed E-state index contributed by atoms with van der Waals surface area (Å²) in [5.74, 6) is -0.173. The molecule has 0 unspecified atom stereocenters. The number of rotatable bonds is 3. The van der Waals surface area contributed by atoms with Crippen LogP contribution >= 0.6 is 0 Å². The molecule has 23 heavy (non-hydrogen) atoms. The fraction of sp³-hybridized carbons (Fsp3) is 0.263. The van der Waals surface area contributed by atoms with Gasteiger partial charge in [0.15, 0.2) is 0 Å². The van der Waals surface area contributed by atoms with Gasteiger partial charge in [0, 0.05) is 30.9 Å². The molecule has 0 spiro atoms. The summed E-state index contributed by atoms with van der Waals surface area (Å²) in [6, 6.07) is 12.9. The summed E-state index contributed by atoms with van der Waals surface area (Å²) in [5, 5.41) is 2.88. The first kappa shape index (κ1) is 15.3. The summed E-state index contributed by atoms with van der Waals surface area (Å²) in [6.45, 7) is 0. The Morgan fingerprint density at radius 3 is 2.26 bits per heavy atom. The first-order valence-corrected chi connectivity index (χ1v) is 7.79. The zero-order valence-corrected chi connectivity index (χ0v) is 13.4. The number of anilines is 1. The molecular formula is C19H20N2O2. The summed E-state index contributed by atoms with van der Waals surface area (Å²) in [6.07, 6.45) is 3.33. The second kappa shape index (κ2) is 6.24. The minimum Gasteiger partial charge on any atom is -0.345 e. The molecule has 2 aromatic carbocycles. The summed E-state index contributed by atoms with van der Waals surface area (Å²) in [7, 11) is 3.43. The Bertz CT molecular complexity index is 748. The Labute approximate surface area is 136 Å². The number of hydrogen-bond donors (Lipinski definition) is 1. The third-order valence-corrected chi connectivity index (χ3v) is 4.16. The number of nitrogens with one attached hydrogen (secondary N) is 1. The van der Waals surface area contributed by atoms with E-state index in [2.05, 4.69) is 11.4 Å². The van der Waals surface area contributed by atoms with E-state index in [9.17, 15) is 9.59 Å². The molecule has 0 radical (unpaired) electrons. The van der Waals surface area contributed by atoms with Crippen LogP contribution in [0.2, 0.25) is 0 Å². The van der Waals surface area contributed by atoms with Crippen LogP contribution in [0.5, 0.6) is 0 Å². The highest BCUT2D eigenvalue weighted by Gasteiger charge is 2.14. The second-order valence-electron chi connectivity index (χ2n) is 6.07. The molecule has 0 fully saturated rings. The van der Waals surface area contributed by atoms with E-state index in [1.54, 1.807) is 38.4 Å². The highest BCUT2D eigenvalue weighted by atomic mass is 16.2. The van der Waals surface area contributed by atoms with E-state index in [1.165, 1.54) is 22.4 Å². The monoisotopic (exact) mass is 308 g/mol. The van der Waals surface area contributed by atoms with Crippen LogP contribution in [-0.2, 0) is 12.8 Å². The van der Waals surface area contributed by atoms with Crippen molar-refractivity contribution in [2.45, 2.75) is 19.3 Å². The van der Waals surface area contributed by atoms with Gasteiger partial charge in [0.2, 0.25) is 0 Å². The van der Waals surface area contributed by atoms with Crippen molar-refractivity contribution in [2.75, 3.05) is 19.4 Å². The number of aryl methyl sites for hydroxylation is 2. The average Bonchev–Trinajstić information content (AvgIpc) is 3.02. The molecule has 2 amide bonds. The number of amides is 2. The van der Waals surface area contributed by atoms with Gasteiger partial charge in [-0.15, -0.1) is 0 Å². The molecule has 0 heterocycles. The number of fused-ring (bicyclic) bond motifs is 1. The van der Waals surface area contributed by atoms with Crippen LogP contribution in [0.3, 0.4) is 0 Å². The maximum atomic E-state index is 12.4. The van der Waals surface area contributed by atoms with Crippen LogP contribution in [0.25, 0.3) is 0 Å².